The Morgan fingerprint density at radius 1 is 0.850 bits per heavy atom. The van der Waals surface area contributed by atoms with Gasteiger partial charge >= 0.3 is 17.9 Å². The summed E-state index contributed by atoms with van der Waals surface area (Å²) in [5, 5.41) is 58.9. The minimum absolute atomic E-state index is 0.107. The summed E-state index contributed by atoms with van der Waals surface area (Å²) in [6, 6.07) is 8.06. The fraction of sp³-hybridized carbons (Fsp3) is 0.321. The zero-order chi connectivity index (χ0) is 30.0. The van der Waals surface area contributed by atoms with Crippen LogP contribution in [0.2, 0.25) is 0 Å². The van der Waals surface area contributed by atoms with Crippen LogP contribution in [0.1, 0.15) is 37.8 Å². The van der Waals surface area contributed by atoms with Gasteiger partial charge in [-0.05, 0) is 47.5 Å². The SMILES string of the molecule is CC.COc1cc(/C=C/C(=O)OC2C(O)CC(O)(C(=O)O)C[C@@H]2OC(=O)/C=C/c2ccc(O)c(O)c2)ccc1O. The molecule has 1 aliphatic carbocycles. The quantitative estimate of drug-likeness (QED) is 0.157. The number of phenolic OH excluding ortho intramolecular Hbond substituents is 3. The van der Waals surface area contributed by atoms with E-state index in [2.05, 4.69) is 0 Å². The second-order valence-electron chi connectivity index (χ2n) is 8.54. The molecule has 0 bridgehead atoms. The Labute approximate surface area is 230 Å². The van der Waals surface area contributed by atoms with Crippen molar-refractivity contribution < 1.29 is 59.2 Å². The lowest BCUT2D eigenvalue weighted by Gasteiger charge is -2.40. The number of carboxylic acid groups (broad SMARTS) is 1. The number of hydrogen-bond donors (Lipinski definition) is 6. The molecule has 4 atom stereocenters. The number of hydrogen-bond acceptors (Lipinski definition) is 11. The van der Waals surface area contributed by atoms with Crippen LogP contribution in [0.5, 0.6) is 23.0 Å². The van der Waals surface area contributed by atoms with Gasteiger partial charge in [0.1, 0.15) is 6.10 Å². The number of aliphatic carboxylic acids is 1. The number of carboxylic acids is 1. The van der Waals surface area contributed by atoms with E-state index in [1.807, 2.05) is 13.8 Å². The van der Waals surface area contributed by atoms with Crippen molar-refractivity contribution in [2.24, 2.45) is 0 Å². The van der Waals surface area contributed by atoms with E-state index in [-0.39, 0.29) is 17.2 Å². The van der Waals surface area contributed by atoms with Gasteiger partial charge in [-0.3, -0.25) is 0 Å². The maximum atomic E-state index is 12.5. The number of carbonyl (C=O) groups excluding carboxylic acids is 2. The van der Waals surface area contributed by atoms with Crippen LogP contribution in [0.3, 0.4) is 0 Å². The molecule has 1 fully saturated rings. The molecule has 0 saturated heterocycles. The number of methoxy groups -OCH3 is 1. The van der Waals surface area contributed by atoms with E-state index in [1.165, 1.54) is 55.7 Å². The molecule has 2 aromatic rings. The smallest absolute Gasteiger partial charge is 0.335 e. The van der Waals surface area contributed by atoms with Gasteiger partial charge in [0.05, 0.1) is 13.2 Å². The normalized spacial score (nSPS) is 22.3. The van der Waals surface area contributed by atoms with E-state index >= 15 is 0 Å². The van der Waals surface area contributed by atoms with Crippen molar-refractivity contribution in [3.05, 3.63) is 59.7 Å². The molecule has 3 rings (SSSR count). The highest BCUT2D eigenvalue weighted by atomic mass is 16.6. The van der Waals surface area contributed by atoms with E-state index in [0.29, 0.717) is 11.1 Å². The highest BCUT2D eigenvalue weighted by molar-refractivity contribution is 5.88. The summed E-state index contributed by atoms with van der Waals surface area (Å²) in [5.74, 6) is -4.36. The maximum absolute atomic E-state index is 12.5. The average Bonchev–Trinajstić information content (AvgIpc) is 2.92. The summed E-state index contributed by atoms with van der Waals surface area (Å²) in [7, 11) is 1.35. The van der Waals surface area contributed by atoms with Gasteiger partial charge in [0.2, 0.25) is 0 Å². The van der Waals surface area contributed by atoms with Gasteiger partial charge in [0, 0.05) is 25.0 Å². The molecule has 3 unspecified atom stereocenters. The first-order valence-corrected chi connectivity index (χ1v) is 12.2. The molecule has 6 N–H and O–H groups in total. The molecule has 0 radical (unpaired) electrons. The Morgan fingerprint density at radius 2 is 1.40 bits per heavy atom. The first-order chi connectivity index (χ1) is 18.9. The number of ether oxygens (including phenoxy) is 3. The second-order valence-corrected chi connectivity index (χ2v) is 8.54. The molecule has 1 aliphatic rings. The number of aliphatic hydroxyl groups is 2. The van der Waals surface area contributed by atoms with Crippen LogP contribution in [0.15, 0.2) is 48.6 Å². The van der Waals surface area contributed by atoms with Crippen molar-refractivity contribution in [2.45, 2.75) is 50.6 Å². The molecule has 12 heteroatoms. The van der Waals surface area contributed by atoms with Crippen molar-refractivity contribution in [3.8, 4) is 23.0 Å². The van der Waals surface area contributed by atoms with Crippen molar-refractivity contribution in [1.29, 1.82) is 0 Å². The molecular formula is C28H32O12. The summed E-state index contributed by atoms with van der Waals surface area (Å²) < 4.78 is 15.5. The Kier molecular flexibility index (Phi) is 11.1. The van der Waals surface area contributed by atoms with Crippen LogP contribution in [-0.4, -0.2) is 79.6 Å². The zero-order valence-electron chi connectivity index (χ0n) is 22.1. The number of carbonyl (C=O) groups is 3. The Balaban J connectivity index is 0.00000274. The lowest BCUT2D eigenvalue weighted by molar-refractivity contribution is -0.204. The van der Waals surface area contributed by atoms with Crippen LogP contribution in [0, 0.1) is 0 Å². The van der Waals surface area contributed by atoms with Crippen molar-refractivity contribution in [2.75, 3.05) is 7.11 Å². The van der Waals surface area contributed by atoms with Crippen LogP contribution in [0.25, 0.3) is 12.2 Å². The van der Waals surface area contributed by atoms with Crippen LogP contribution in [0.4, 0.5) is 0 Å². The fourth-order valence-corrected chi connectivity index (χ4v) is 3.81. The molecule has 0 spiro atoms. The number of benzene rings is 2. The van der Waals surface area contributed by atoms with E-state index in [0.717, 1.165) is 12.2 Å². The van der Waals surface area contributed by atoms with Gasteiger partial charge in [0.15, 0.2) is 34.7 Å². The van der Waals surface area contributed by atoms with Gasteiger partial charge in [-0.15, -0.1) is 0 Å². The lowest BCUT2D eigenvalue weighted by atomic mass is 9.79. The number of esters is 2. The van der Waals surface area contributed by atoms with E-state index in [4.69, 9.17) is 14.2 Å². The first-order valence-electron chi connectivity index (χ1n) is 12.2. The van der Waals surface area contributed by atoms with Gasteiger partial charge in [0.25, 0.3) is 0 Å². The lowest BCUT2D eigenvalue weighted by Crippen LogP contribution is -2.58. The van der Waals surface area contributed by atoms with Crippen molar-refractivity contribution in [3.63, 3.8) is 0 Å². The molecule has 0 heterocycles. The van der Waals surface area contributed by atoms with Gasteiger partial charge < -0.3 is 44.8 Å². The summed E-state index contributed by atoms with van der Waals surface area (Å²) in [6.45, 7) is 4.00. The molecule has 40 heavy (non-hydrogen) atoms. The maximum Gasteiger partial charge on any atom is 0.335 e. The standard InChI is InChI=1S/C26H26O12.C2H6/c1-36-20-11-15(3-7-17(20)28)5-9-23(32)38-24-19(30)12-26(35,25(33)34)13-21(24)37-22(31)8-4-14-2-6-16(27)18(29)10-14;1-2/h2-11,19,21,24,27-30,35H,12-13H2,1H3,(H,33,34);1-2H3/b8-4+,9-5+;/t19?,21-,24?,26?;/m0./s1. The van der Waals surface area contributed by atoms with Gasteiger partial charge in [-0.25, -0.2) is 14.4 Å². The zero-order valence-corrected chi connectivity index (χ0v) is 22.1. The third kappa shape index (κ3) is 8.22. The van der Waals surface area contributed by atoms with E-state index < -0.39 is 60.4 Å². The second kappa shape index (κ2) is 14.0. The molecule has 2 aromatic carbocycles. The van der Waals surface area contributed by atoms with E-state index in [9.17, 15) is 45.0 Å². The summed E-state index contributed by atoms with van der Waals surface area (Å²) in [5.41, 5.74) is -1.66. The number of aliphatic hydroxyl groups excluding tert-OH is 1. The Morgan fingerprint density at radius 3 is 1.95 bits per heavy atom. The van der Waals surface area contributed by atoms with Crippen LogP contribution < -0.4 is 4.74 Å². The first kappa shape index (κ1) is 31.7. The van der Waals surface area contributed by atoms with E-state index in [1.54, 1.807) is 0 Å². The third-order valence-corrected chi connectivity index (χ3v) is 5.78. The highest BCUT2D eigenvalue weighted by Crippen LogP contribution is 2.33. The monoisotopic (exact) mass is 560 g/mol. The molecular weight excluding hydrogens is 528 g/mol. The summed E-state index contributed by atoms with van der Waals surface area (Å²) in [4.78, 5) is 36.5. The van der Waals surface area contributed by atoms with Gasteiger partial charge in [-0.2, -0.15) is 0 Å². The van der Waals surface area contributed by atoms with Crippen LogP contribution >= 0.6 is 0 Å². The molecule has 1 saturated carbocycles. The number of rotatable bonds is 8. The molecule has 216 valence electrons. The highest BCUT2D eigenvalue weighted by Gasteiger charge is 2.52. The molecule has 0 aliphatic heterocycles. The molecule has 12 nitrogen and oxygen atoms in total. The summed E-state index contributed by atoms with van der Waals surface area (Å²) >= 11 is 0. The molecule has 0 amide bonds. The summed E-state index contributed by atoms with van der Waals surface area (Å²) in [6.07, 6.45) is -1.56. The predicted octanol–water partition coefficient (Wildman–Crippen LogP) is 2.36. The minimum atomic E-state index is -2.45. The number of aromatic hydroxyl groups is 3. The largest absolute Gasteiger partial charge is 0.504 e. The topological polar surface area (TPSA) is 200 Å². The third-order valence-electron chi connectivity index (χ3n) is 5.78. The van der Waals surface area contributed by atoms with Gasteiger partial charge in [-0.1, -0.05) is 26.0 Å². The molecule has 0 aromatic heterocycles. The minimum Gasteiger partial charge on any atom is -0.504 e. The van der Waals surface area contributed by atoms with Crippen molar-refractivity contribution >= 4 is 30.1 Å². The Bertz CT molecular complexity index is 1270. The van der Waals surface area contributed by atoms with Crippen LogP contribution in [-0.2, 0) is 23.9 Å². The fourth-order valence-electron chi connectivity index (χ4n) is 3.81. The number of phenols is 3. The van der Waals surface area contributed by atoms with Crippen molar-refractivity contribution in [1.82, 2.24) is 0 Å². The average molecular weight is 561 g/mol. The predicted molar refractivity (Wildman–Crippen MR) is 141 cm³/mol. The Hall–Kier alpha value is -4.55.